The number of halogens is 3. The van der Waals surface area contributed by atoms with Gasteiger partial charge >= 0.3 is 0 Å². The average Bonchev–Trinajstić information content (AvgIpc) is 3.31. The molecule has 10 nitrogen and oxygen atoms in total. The maximum Gasteiger partial charge on any atom is 0.291 e. The summed E-state index contributed by atoms with van der Waals surface area (Å²) in [6, 6.07) is 7.03. The lowest BCUT2D eigenvalue weighted by molar-refractivity contribution is 0.0951. The van der Waals surface area contributed by atoms with Crippen LogP contribution in [-0.2, 0) is 11.8 Å². The number of nitrogens with one attached hydrogen (secondary N) is 3. The molecule has 0 bridgehead atoms. The van der Waals surface area contributed by atoms with Gasteiger partial charge in [-0.3, -0.25) is 9.59 Å². The van der Waals surface area contributed by atoms with Crippen molar-refractivity contribution in [2.45, 2.75) is 6.92 Å². The lowest BCUT2D eigenvalue weighted by Crippen LogP contribution is -2.26. The van der Waals surface area contributed by atoms with Gasteiger partial charge in [0, 0.05) is 31.4 Å². The van der Waals surface area contributed by atoms with Crippen LogP contribution in [0.1, 0.15) is 27.9 Å². The molecule has 40 heavy (non-hydrogen) atoms. The van der Waals surface area contributed by atoms with Crippen LogP contribution in [0.5, 0.6) is 5.75 Å². The van der Waals surface area contributed by atoms with Crippen LogP contribution in [0.15, 0.2) is 48.3 Å². The number of aliphatic hydroxyl groups excluding tert-OH is 1. The van der Waals surface area contributed by atoms with Gasteiger partial charge in [0.1, 0.15) is 0 Å². The lowest BCUT2D eigenvalue weighted by atomic mass is 10.1. The van der Waals surface area contributed by atoms with Crippen molar-refractivity contribution in [1.82, 2.24) is 20.2 Å². The number of hydrogen-bond donors (Lipinski definition) is 4. The zero-order valence-corrected chi connectivity index (χ0v) is 22.9. The summed E-state index contributed by atoms with van der Waals surface area (Å²) in [5.41, 5.74) is 1.49. The molecule has 0 aliphatic heterocycles. The first-order valence-corrected chi connectivity index (χ1v) is 12.6. The zero-order valence-electron chi connectivity index (χ0n) is 22.2. The third-order valence-corrected chi connectivity index (χ3v) is 6.02. The Morgan fingerprint density at radius 3 is 2.62 bits per heavy atom. The molecule has 0 radical (unpaired) electrons. The van der Waals surface area contributed by atoms with E-state index in [1.807, 2.05) is 6.92 Å². The fourth-order valence-corrected chi connectivity index (χ4v) is 3.90. The van der Waals surface area contributed by atoms with Gasteiger partial charge in [-0.1, -0.05) is 11.6 Å². The first kappa shape index (κ1) is 30.5. The average molecular weight is 578 g/mol. The second-order valence-corrected chi connectivity index (χ2v) is 8.99. The zero-order chi connectivity index (χ0) is 29.2. The summed E-state index contributed by atoms with van der Waals surface area (Å²) in [6.45, 7) is 3.36. The molecule has 214 valence electrons. The van der Waals surface area contributed by atoms with Crippen LogP contribution < -0.4 is 20.7 Å². The van der Waals surface area contributed by atoms with Gasteiger partial charge in [-0.25, -0.2) is 9.37 Å². The third-order valence-electron chi connectivity index (χ3n) is 5.71. The Morgan fingerprint density at radius 1 is 1.15 bits per heavy atom. The van der Waals surface area contributed by atoms with Crippen LogP contribution in [0, 0.1) is 11.6 Å². The van der Waals surface area contributed by atoms with Crippen LogP contribution in [0.3, 0.4) is 0 Å². The van der Waals surface area contributed by atoms with Crippen molar-refractivity contribution < 1.29 is 33.0 Å². The predicted octanol–water partition coefficient (Wildman–Crippen LogP) is 3.51. The largest absolute Gasteiger partial charge is 0.494 e. The SMILES string of the molecule is COc1ccc(-c2cnc(C(=O)Nc3ccc(C(=O)NC/C(C)=C/NCCOCCO)c(Cl)c3)n2C)c(F)c1F. The van der Waals surface area contributed by atoms with E-state index in [1.165, 1.54) is 55.3 Å². The summed E-state index contributed by atoms with van der Waals surface area (Å²) >= 11 is 6.31. The maximum absolute atomic E-state index is 14.6. The lowest BCUT2D eigenvalue weighted by Gasteiger charge is -2.11. The number of aromatic nitrogens is 2. The van der Waals surface area contributed by atoms with E-state index in [2.05, 4.69) is 20.9 Å². The van der Waals surface area contributed by atoms with E-state index in [0.717, 1.165) is 5.57 Å². The van der Waals surface area contributed by atoms with Crippen LogP contribution in [0.25, 0.3) is 11.3 Å². The molecule has 1 heterocycles. The van der Waals surface area contributed by atoms with E-state index in [-0.39, 0.29) is 53.2 Å². The first-order chi connectivity index (χ1) is 19.2. The van der Waals surface area contributed by atoms with Gasteiger partial charge in [0.15, 0.2) is 17.4 Å². The quantitative estimate of drug-likeness (QED) is 0.229. The van der Waals surface area contributed by atoms with Gasteiger partial charge in [-0.15, -0.1) is 0 Å². The summed E-state index contributed by atoms with van der Waals surface area (Å²) < 4.78 is 40.0. The maximum atomic E-state index is 14.6. The first-order valence-electron chi connectivity index (χ1n) is 12.2. The van der Waals surface area contributed by atoms with Crippen molar-refractivity contribution in [2.75, 3.05) is 45.3 Å². The number of anilines is 1. The number of rotatable bonds is 13. The van der Waals surface area contributed by atoms with Crippen molar-refractivity contribution in [2.24, 2.45) is 7.05 Å². The van der Waals surface area contributed by atoms with Crippen LogP contribution >= 0.6 is 11.6 Å². The second kappa shape index (κ2) is 14.4. The molecule has 13 heteroatoms. The van der Waals surface area contributed by atoms with Gasteiger partial charge < -0.3 is 35.1 Å². The monoisotopic (exact) mass is 577 g/mol. The van der Waals surface area contributed by atoms with Crippen molar-refractivity contribution in [3.63, 3.8) is 0 Å². The Hall–Kier alpha value is -4.00. The number of carbonyl (C=O) groups is 2. The van der Waals surface area contributed by atoms with Crippen molar-refractivity contribution in [3.05, 3.63) is 76.3 Å². The highest BCUT2D eigenvalue weighted by Gasteiger charge is 2.21. The molecule has 0 saturated carbocycles. The molecule has 0 atom stereocenters. The number of carbonyl (C=O) groups excluding carboxylic acids is 2. The van der Waals surface area contributed by atoms with E-state index >= 15 is 0 Å². The van der Waals surface area contributed by atoms with Gasteiger partial charge in [-0.05, 0) is 49.0 Å². The summed E-state index contributed by atoms with van der Waals surface area (Å²) in [7, 11) is 2.73. The fourth-order valence-electron chi connectivity index (χ4n) is 3.63. The second-order valence-electron chi connectivity index (χ2n) is 8.58. The molecule has 2 aromatic carbocycles. The normalized spacial score (nSPS) is 11.3. The molecule has 0 unspecified atom stereocenters. The topological polar surface area (TPSA) is 127 Å². The highest BCUT2D eigenvalue weighted by atomic mass is 35.5. The number of nitrogens with zero attached hydrogens (tertiary/aromatic N) is 2. The summed E-state index contributed by atoms with van der Waals surface area (Å²) in [5, 5.41) is 17.2. The number of methoxy groups -OCH3 is 1. The molecule has 2 amide bonds. The van der Waals surface area contributed by atoms with E-state index in [0.29, 0.717) is 18.8 Å². The number of aliphatic hydroxyl groups is 1. The van der Waals surface area contributed by atoms with E-state index < -0.39 is 23.4 Å². The van der Waals surface area contributed by atoms with Crippen LogP contribution in [0.2, 0.25) is 5.02 Å². The van der Waals surface area contributed by atoms with Crippen LogP contribution in [0.4, 0.5) is 14.5 Å². The molecule has 3 rings (SSSR count). The van der Waals surface area contributed by atoms with Gasteiger partial charge in [0.25, 0.3) is 11.8 Å². The molecule has 0 saturated heterocycles. The third kappa shape index (κ3) is 7.56. The molecule has 3 aromatic rings. The minimum absolute atomic E-state index is 0.0291. The van der Waals surface area contributed by atoms with Crippen molar-refractivity contribution in [1.29, 1.82) is 0 Å². The highest BCUT2D eigenvalue weighted by Crippen LogP contribution is 2.30. The number of ether oxygens (including phenoxy) is 2. The smallest absolute Gasteiger partial charge is 0.291 e. The molecule has 4 N–H and O–H groups in total. The molecule has 0 aliphatic rings. The highest BCUT2D eigenvalue weighted by molar-refractivity contribution is 6.34. The van der Waals surface area contributed by atoms with E-state index in [9.17, 15) is 18.4 Å². The van der Waals surface area contributed by atoms with Gasteiger partial charge in [-0.2, -0.15) is 4.39 Å². The summed E-state index contributed by atoms with van der Waals surface area (Å²) in [4.78, 5) is 29.5. The fraction of sp³-hybridized carbons (Fsp3) is 0.296. The van der Waals surface area contributed by atoms with Gasteiger partial charge in [0.05, 0.1) is 49.4 Å². The molecule has 0 fully saturated rings. The summed E-state index contributed by atoms with van der Waals surface area (Å²) in [6.07, 6.45) is 3.02. The minimum atomic E-state index is -1.14. The minimum Gasteiger partial charge on any atom is -0.494 e. The Bertz CT molecular complexity index is 1400. The van der Waals surface area contributed by atoms with Gasteiger partial charge in [0.2, 0.25) is 5.82 Å². The Kier molecular flexibility index (Phi) is 11.0. The molecule has 1 aromatic heterocycles. The van der Waals surface area contributed by atoms with Crippen molar-refractivity contribution in [3.8, 4) is 17.0 Å². The van der Waals surface area contributed by atoms with Crippen LogP contribution in [-0.4, -0.2) is 66.5 Å². The number of hydrogen-bond acceptors (Lipinski definition) is 7. The van der Waals surface area contributed by atoms with Crippen molar-refractivity contribution >= 4 is 29.1 Å². The van der Waals surface area contributed by atoms with E-state index in [1.54, 1.807) is 6.20 Å². The predicted molar refractivity (Wildman–Crippen MR) is 147 cm³/mol. The number of imidazole rings is 1. The Morgan fingerprint density at radius 2 is 1.93 bits per heavy atom. The molecule has 0 spiro atoms. The Labute approximate surface area is 235 Å². The molecular weight excluding hydrogens is 548 g/mol. The number of benzene rings is 2. The summed E-state index contributed by atoms with van der Waals surface area (Å²) in [5.74, 6) is -3.58. The molecule has 0 aliphatic carbocycles. The molecular formula is C27H30ClF2N5O5. The van der Waals surface area contributed by atoms with E-state index in [4.69, 9.17) is 26.2 Å². The Balaban J connectivity index is 1.61. The standard InChI is InChI=1S/C27H30ClF2N5O5/c1-16(13-31-8-10-40-11-9-36)14-33-26(37)18-5-4-17(12-20(18)28)34-27(38)25-32-15-21(35(25)2)19-6-7-22(39-3)24(30)23(19)29/h4-7,12-13,15,31,36H,8-11,14H2,1-3H3,(H,33,37)(H,34,38)/b16-13+. The number of amides is 2.